The highest BCUT2D eigenvalue weighted by atomic mass is 35.5. The fourth-order valence-corrected chi connectivity index (χ4v) is 6.70. The number of carbonyl (C=O) groups is 4. The minimum Gasteiger partial charge on any atom is -0.427 e. The molecule has 0 aromatic carbocycles. The number of tetrazole rings is 1. The van der Waals surface area contributed by atoms with E-state index in [0.717, 1.165) is 11.5 Å². The molecule has 0 radical (unpaired) electrons. The van der Waals surface area contributed by atoms with Gasteiger partial charge in [0.2, 0.25) is 23.5 Å². The fourth-order valence-electron chi connectivity index (χ4n) is 3.87. The van der Waals surface area contributed by atoms with Gasteiger partial charge in [-0.25, -0.2) is 9.48 Å². The number of halogens is 1. The van der Waals surface area contributed by atoms with Crippen LogP contribution in [0.3, 0.4) is 0 Å². The Hall–Kier alpha value is -3.57. The Morgan fingerprint density at radius 3 is 2.68 bits per heavy atom. The molecule has 47 heavy (non-hydrogen) atoms. The lowest BCUT2D eigenvalue weighted by Crippen LogP contribution is -2.71. The molecule has 1 saturated heterocycles. The summed E-state index contributed by atoms with van der Waals surface area (Å²) in [5.74, 6) is -2.48. The molecule has 4 heterocycles. The molecule has 0 saturated carbocycles. The molecule has 0 aliphatic carbocycles. The SMILES string of the molecule is CC(C)(C)C(=O)OCOC(=O)C1=C(CSc2nnnn2CCO)CS[C@H]2C(NC(=O)C(=NOCCCN)c3nsc(N)n3)C(=O)N12.Cl. The van der Waals surface area contributed by atoms with Gasteiger partial charge in [0, 0.05) is 23.0 Å². The van der Waals surface area contributed by atoms with Crippen molar-refractivity contribution in [3.05, 3.63) is 17.1 Å². The number of esters is 2. The van der Waals surface area contributed by atoms with Gasteiger partial charge in [0.15, 0.2) is 5.13 Å². The first-order valence-electron chi connectivity index (χ1n) is 13.8. The molecule has 2 atom stereocenters. The van der Waals surface area contributed by atoms with Gasteiger partial charge in [-0.1, -0.05) is 16.9 Å². The van der Waals surface area contributed by atoms with Crippen LogP contribution in [0, 0.1) is 5.41 Å². The van der Waals surface area contributed by atoms with Crippen molar-refractivity contribution >= 4 is 82.1 Å². The number of aliphatic hydroxyl groups excluding tert-OH is 1. The maximum Gasteiger partial charge on any atom is 0.357 e. The number of hydrogen-bond donors (Lipinski definition) is 4. The van der Waals surface area contributed by atoms with E-state index in [-0.39, 0.29) is 66.0 Å². The summed E-state index contributed by atoms with van der Waals surface area (Å²) in [5, 5.41) is 26.9. The second kappa shape index (κ2) is 17.0. The first-order chi connectivity index (χ1) is 22.0. The van der Waals surface area contributed by atoms with E-state index >= 15 is 0 Å². The lowest BCUT2D eigenvalue weighted by Gasteiger charge is -2.49. The number of β-lactam (4-membered cyclic amide) rings is 1. The van der Waals surface area contributed by atoms with Gasteiger partial charge in [0.05, 0.1) is 18.6 Å². The number of fused-ring (bicyclic) bond motifs is 1. The van der Waals surface area contributed by atoms with Crippen LogP contribution in [0.5, 0.6) is 0 Å². The number of aromatic nitrogens is 6. The fraction of sp³-hybridized carbons (Fsp3) is 0.583. The van der Waals surface area contributed by atoms with Gasteiger partial charge in [0.25, 0.3) is 11.8 Å². The lowest BCUT2D eigenvalue weighted by molar-refractivity contribution is -0.173. The van der Waals surface area contributed by atoms with E-state index in [2.05, 4.69) is 35.4 Å². The highest BCUT2D eigenvalue weighted by Gasteiger charge is 2.55. The molecule has 2 aliphatic heterocycles. The zero-order valence-corrected chi connectivity index (χ0v) is 28.7. The number of oxime groups is 1. The van der Waals surface area contributed by atoms with Crippen LogP contribution in [-0.4, -0.2) is 119 Å². The molecule has 258 valence electrons. The second-order valence-electron chi connectivity index (χ2n) is 10.6. The van der Waals surface area contributed by atoms with Gasteiger partial charge in [-0.05, 0) is 49.7 Å². The number of nitrogens with one attached hydrogen (secondary N) is 1. The third-order valence-corrected chi connectivity index (χ3v) is 9.10. The van der Waals surface area contributed by atoms with Crippen molar-refractivity contribution in [1.29, 1.82) is 0 Å². The van der Waals surface area contributed by atoms with E-state index in [1.807, 2.05) is 0 Å². The maximum atomic E-state index is 13.5. The molecule has 23 heteroatoms. The van der Waals surface area contributed by atoms with E-state index in [0.29, 0.717) is 23.7 Å². The molecule has 4 rings (SSSR count). The van der Waals surface area contributed by atoms with Crippen LogP contribution in [0.15, 0.2) is 21.6 Å². The third kappa shape index (κ3) is 9.28. The summed E-state index contributed by atoms with van der Waals surface area (Å²) in [6.45, 7) is 4.75. The number of nitrogens with zero attached hydrogens (tertiary/aromatic N) is 8. The highest BCUT2D eigenvalue weighted by Crippen LogP contribution is 2.42. The van der Waals surface area contributed by atoms with Gasteiger partial charge in [0.1, 0.15) is 23.7 Å². The molecule has 2 aliphatic rings. The molecule has 0 bridgehead atoms. The maximum absolute atomic E-state index is 13.5. The first kappa shape index (κ1) is 37.9. The quantitative estimate of drug-likeness (QED) is 0.0329. The topological polar surface area (TPSA) is 265 Å². The number of rotatable bonds is 15. The molecule has 2 amide bonds. The minimum atomic E-state index is -1.05. The van der Waals surface area contributed by atoms with Gasteiger partial charge >= 0.3 is 11.9 Å². The molecule has 0 spiro atoms. The Morgan fingerprint density at radius 1 is 1.26 bits per heavy atom. The van der Waals surface area contributed by atoms with Gasteiger partial charge < -0.3 is 36.2 Å². The van der Waals surface area contributed by atoms with Crippen molar-refractivity contribution in [2.75, 3.05) is 43.8 Å². The van der Waals surface area contributed by atoms with Crippen LogP contribution in [0.2, 0.25) is 0 Å². The average Bonchev–Trinajstić information content (AvgIpc) is 3.66. The Labute approximate surface area is 287 Å². The standard InChI is InChI=1S/C24H33N11O8S3.ClH/c1-24(2,3)21(40)42-11-41-20(39)15-12(10-45-23-29-32-33-34(23)6-7-36)9-44-19-14(18(38)35(15)19)27-17(37)13(30-43-8-4-5-25)16-28-22(26)46-31-16;/h14,19,36H,4-11,25H2,1-3H3,(H,27,37)(H2,26,28,31);1H/t14?,19-;/m0./s1. The van der Waals surface area contributed by atoms with Crippen molar-refractivity contribution in [1.82, 2.24) is 39.8 Å². The predicted octanol–water partition coefficient (Wildman–Crippen LogP) is -0.873. The Morgan fingerprint density at radius 2 is 2.02 bits per heavy atom. The van der Waals surface area contributed by atoms with Crippen molar-refractivity contribution < 1.29 is 38.6 Å². The molecule has 19 nitrogen and oxygen atoms in total. The van der Waals surface area contributed by atoms with Crippen LogP contribution in [0.4, 0.5) is 5.13 Å². The minimum absolute atomic E-state index is 0. The summed E-state index contributed by atoms with van der Waals surface area (Å²) in [5.41, 5.74) is 10.5. The average molecular weight is 736 g/mol. The van der Waals surface area contributed by atoms with Crippen molar-refractivity contribution in [2.24, 2.45) is 16.3 Å². The number of ether oxygens (including phenoxy) is 2. The monoisotopic (exact) mass is 735 g/mol. The molecule has 2 aromatic heterocycles. The Kier molecular flexibility index (Phi) is 13.7. The van der Waals surface area contributed by atoms with Crippen molar-refractivity contribution in [3.8, 4) is 0 Å². The number of nitrogen functional groups attached to an aromatic ring is 1. The van der Waals surface area contributed by atoms with Gasteiger partial charge in [-0.15, -0.1) is 29.3 Å². The number of nitrogens with two attached hydrogens (primary N) is 2. The number of hydrogen-bond acceptors (Lipinski definition) is 19. The summed E-state index contributed by atoms with van der Waals surface area (Å²) in [6.07, 6.45) is 0.484. The lowest BCUT2D eigenvalue weighted by atomic mass is 9.98. The highest BCUT2D eigenvalue weighted by molar-refractivity contribution is 8.01. The van der Waals surface area contributed by atoms with E-state index in [4.69, 9.17) is 25.8 Å². The van der Waals surface area contributed by atoms with E-state index in [9.17, 15) is 24.3 Å². The summed E-state index contributed by atoms with van der Waals surface area (Å²) < 4.78 is 15.8. The van der Waals surface area contributed by atoms with Gasteiger partial charge in [-0.2, -0.15) is 9.36 Å². The first-order valence-corrected chi connectivity index (χ1v) is 16.6. The van der Waals surface area contributed by atoms with Crippen LogP contribution in [0.25, 0.3) is 0 Å². The zero-order valence-electron chi connectivity index (χ0n) is 25.5. The van der Waals surface area contributed by atoms with Crippen molar-refractivity contribution in [2.45, 2.75) is 50.3 Å². The smallest absolute Gasteiger partial charge is 0.357 e. The zero-order chi connectivity index (χ0) is 33.4. The van der Waals surface area contributed by atoms with E-state index < -0.39 is 47.4 Å². The molecule has 6 N–H and O–H groups in total. The normalized spacial score (nSPS) is 17.8. The van der Waals surface area contributed by atoms with E-state index in [1.165, 1.54) is 33.1 Å². The van der Waals surface area contributed by atoms with Gasteiger partial charge in [-0.3, -0.25) is 19.3 Å². The molecule has 1 fully saturated rings. The number of thioether (sulfide) groups is 2. The van der Waals surface area contributed by atoms with Crippen LogP contribution in [0.1, 0.15) is 33.0 Å². The molecular weight excluding hydrogens is 702 g/mol. The third-order valence-electron chi connectivity index (χ3n) is 6.17. The number of aliphatic hydroxyl groups is 1. The summed E-state index contributed by atoms with van der Waals surface area (Å²) in [4.78, 5) is 62.8. The summed E-state index contributed by atoms with van der Waals surface area (Å²) in [6, 6.07) is -1.05. The second-order valence-corrected chi connectivity index (χ2v) is 13.4. The number of amides is 2. The van der Waals surface area contributed by atoms with Crippen molar-refractivity contribution in [3.63, 3.8) is 0 Å². The molecule has 2 aromatic rings. The summed E-state index contributed by atoms with van der Waals surface area (Å²) in [7, 11) is 0. The summed E-state index contributed by atoms with van der Waals surface area (Å²) >= 11 is 3.36. The predicted molar refractivity (Wildman–Crippen MR) is 172 cm³/mol. The van der Waals surface area contributed by atoms with E-state index in [1.54, 1.807) is 20.8 Å². The molecular formula is C24H34ClN11O8S3. The molecule has 1 unspecified atom stereocenters. The number of anilines is 1. The largest absolute Gasteiger partial charge is 0.427 e. The Balaban J connectivity index is 0.00000600. The van der Waals surface area contributed by atoms with Crippen LogP contribution < -0.4 is 16.8 Å². The number of carbonyl (C=O) groups excluding carboxylic acids is 4. The Bertz CT molecular complexity index is 1510. The van der Waals surface area contributed by atoms with Crippen LogP contribution >= 0.6 is 47.5 Å². The van der Waals surface area contributed by atoms with Crippen LogP contribution in [-0.2, 0) is 40.0 Å².